The van der Waals surface area contributed by atoms with Crippen LogP contribution in [0.4, 0.5) is 0 Å². The molecule has 4 nitrogen and oxygen atoms in total. The second-order valence-electron chi connectivity index (χ2n) is 3.33. The van der Waals surface area contributed by atoms with Gasteiger partial charge >= 0.3 is 11.9 Å². The molecule has 4 heteroatoms. The molecule has 0 heterocycles. The summed E-state index contributed by atoms with van der Waals surface area (Å²) in [6.45, 7) is 1.54. The highest BCUT2D eigenvalue weighted by molar-refractivity contribution is 5.77. The zero-order valence-corrected chi connectivity index (χ0v) is 8.30. The maximum absolute atomic E-state index is 10.8. The molecule has 0 saturated heterocycles. The maximum Gasteiger partial charge on any atom is 0.310 e. The molecular weight excluding hydrogens is 196 g/mol. The number of benzene rings is 1. The van der Waals surface area contributed by atoms with E-state index in [1.165, 1.54) is 0 Å². The van der Waals surface area contributed by atoms with E-state index < -0.39 is 17.9 Å². The molecule has 0 spiro atoms. The van der Waals surface area contributed by atoms with E-state index in [4.69, 9.17) is 10.2 Å². The van der Waals surface area contributed by atoms with Crippen molar-refractivity contribution >= 4 is 11.9 Å². The van der Waals surface area contributed by atoms with Gasteiger partial charge in [-0.3, -0.25) is 9.59 Å². The Morgan fingerprint density at radius 3 is 2.40 bits per heavy atom. The van der Waals surface area contributed by atoms with Gasteiger partial charge in [0.25, 0.3) is 0 Å². The van der Waals surface area contributed by atoms with E-state index in [9.17, 15) is 9.59 Å². The summed E-state index contributed by atoms with van der Waals surface area (Å²) >= 11 is 0. The van der Waals surface area contributed by atoms with Crippen LogP contribution in [0.25, 0.3) is 0 Å². The molecule has 0 saturated carbocycles. The van der Waals surface area contributed by atoms with Gasteiger partial charge in [0.2, 0.25) is 0 Å². The molecule has 0 aliphatic heterocycles. The first-order valence-corrected chi connectivity index (χ1v) is 4.54. The molecule has 0 bridgehead atoms. The molecule has 2 N–H and O–H groups in total. The van der Waals surface area contributed by atoms with Crippen LogP contribution in [0.3, 0.4) is 0 Å². The Bertz CT molecular complexity index is 384. The van der Waals surface area contributed by atoms with Gasteiger partial charge in [-0.25, -0.2) is 0 Å². The first kappa shape index (κ1) is 11.2. The quantitative estimate of drug-likeness (QED) is 0.786. The highest BCUT2D eigenvalue weighted by Gasteiger charge is 2.17. The van der Waals surface area contributed by atoms with Gasteiger partial charge in [-0.1, -0.05) is 24.3 Å². The van der Waals surface area contributed by atoms with Crippen LogP contribution in [0.2, 0.25) is 0 Å². The predicted molar refractivity (Wildman–Crippen MR) is 53.8 cm³/mol. The lowest BCUT2D eigenvalue weighted by Crippen LogP contribution is -2.12. The Hall–Kier alpha value is -1.84. The smallest absolute Gasteiger partial charge is 0.310 e. The molecular formula is C11H12O4. The lowest BCUT2D eigenvalue weighted by atomic mass is 9.94. The van der Waals surface area contributed by atoms with E-state index >= 15 is 0 Å². The molecule has 1 atom stereocenters. The first-order valence-electron chi connectivity index (χ1n) is 4.54. The number of carboxylic acids is 2. The molecule has 15 heavy (non-hydrogen) atoms. The Labute approximate surface area is 87.2 Å². The summed E-state index contributed by atoms with van der Waals surface area (Å²) in [4.78, 5) is 21.4. The van der Waals surface area contributed by atoms with Crippen LogP contribution in [0.5, 0.6) is 0 Å². The number of hydrogen-bond donors (Lipinski definition) is 2. The van der Waals surface area contributed by atoms with Gasteiger partial charge in [0.1, 0.15) is 0 Å². The van der Waals surface area contributed by atoms with Crippen LogP contribution in [-0.2, 0) is 16.0 Å². The van der Waals surface area contributed by atoms with Gasteiger partial charge < -0.3 is 10.2 Å². The fourth-order valence-electron chi connectivity index (χ4n) is 1.41. The monoisotopic (exact) mass is 208 g/mol. The summed E-state index contributed by atoms with van der Waals surface area (Å²) in [6.07, 6.45) is -0.145. The number of aliphatic carboxylic acids is 2. The number of carboxylic acid groups (broad SMARTS) is 2. The second-order valence-corrected chi connectivity index (χ2v) is 3.33. The van der Waals surface area contributed by atoms with E-state index in [0.717, 1.165) is 0 Å². The van der Waals surface area contributed by atoms with E-state index in [2.05, 4.69) is 0 Å². The molecule has 1 unspecified atom stereocenters. The molecule has 0 amide bonds. The Balaban J connectivity index is 3.05. The predicted octanol–water partition coefficient (Wildman–Crippen LogP) is 1.50. The lowest BCUT2D eigenvalue weighted by Gasteiger charge is -2.11. The number of carbonyl (C=O) groups is 2. The minimum atomic E-state index is -0.958. The summed E-state index contributed by atoms with van der Waals surface area (Å²) in [5.41, 5.74) is 1.12. The van der Waals surface area contributed by atoms with Crippen molar-refractivity contribution in [3.05, 3.63) is 35.4 Å². The molecule has 0 aliphatic rings. The summed E-state index contributed by atoms with van der Waals surface area (Å²) in [7, 11) is 0. The fourth-order valence-corrected chi connectivity index (χ4v) is 1.41. The molecule has 0 radical (unpaired) electrons. The average molecular weight is 208 g/mol. The van der Waals surface area contributed by atoms with E-state index in [1.54, 1.807) is 31.2 Å². The second kappa shape index (κ2) is 4.59. The number of hydrogen-bond acceptors (Lipinski definition) is 2. The van der Waals surface area contributed by atoms with Crippen molar-refractivity contribution < 1.29 is 19.8 Å². The lowest BCUT2D eigenvalue weighted by molar-refractivity contribution is -0.139. The molecule has 80 valence electrons. The normalized spacial score (nSPS) is 12.1. The molecule has 1 aromatic carbocycles. The summed E-state index contributed by atoms with van der Waals surface area (Å²) < 4.78 is 0. The third kappa shape index (κ3) is 2.80. The maximum atomic E-state index is 10.8. The number of rotatable bonds is 4. The molecule has 0 fully saturated rings. The Morgan fingerprint density at radius 2 is 1.87 bits per heavy atom. The van der Waals surface area contributed by atoms with Crippen molar-refractivity contribution in [2.24, 2.45) is 0 Å². The van der Waals surface area contributed by atoms with Gasteiger partial charge in [0, 0.05) is 0 Å². The van der Waals surface area contributed by atoms with Gasteiger partial charge in [-0.05, 0) is 18.1 Å². The zero-order chi connectivity index (χ0) is 11.4. The summed E-state index contributed by atoms with van der Waals surface area (Å²) in [5.74, 6) is -2.59. The zero-order valence-electron chi connectivity index (χ0n) is 8.30. The third-order valence-electron chi connectivity index (χ3n) is 2.23. The van der Waals surface area contributed by atoms with Gasteiger partial charge in [0.05, 0.1) is 12.3 Å². The van der Waals surface area contributed by atoms with Crippen LogP contribution in [0.1, 0.15) is 24.0 Å². The Kier molecular flexibility index (Phi) is 3.44. The van der Waals surface area contributed by atoms with Crippen LogP contribution >= 0.6 is 0 Å². The topological polar surface area (TPSA) is 74.6 Å². The highest BCUT2D eigenvalue weighted by atomic mass is 16.4. The van der Waals surface area contributed by atoms with Crippen LogP contribution in [0.15, 0.2) is 24.3 Å². The first-order chi connectivity index (χ1) is 7.02. The van der Waals surface area contributed by atoms with E-state index in [-0.39, 0.29) is 6.42 Å². The highest BCUT2D eigenvalue weighted by Crippen LogP contribution is 2.20. The van der Waals surface area contributed by atoms with Crippen LogP contribution < -0.4 is 0 Å². The molecule has 1 aromatic rings. The van der Waals surface area contributed by atoms with Gasteiger partial charge in [0.15, 0.2) is 0 Å². The molecule has 0 aliphatic carbocycles. The summed E-state index contributed by atoms with van der Waals surface area (Å²) in [6, 6.07) is 6.70. The SMILES string of the molecule is CC(C(=O)O)c1ccccc1CC(=O)O. The van der Waals surface area contributed by atoms with E-state index in [0.29, 0.717) is 11.1 Å². The Morgan fingerprint density at radius 1 is 1.27 bits per heavy atom. The van der Waals surface area contributed by atoms with Crippen molar-refractivity contribution in [2.45, 2.75) is 19.3 Å². The molecule has 0 aromatic heterocycles. The van der Waals surface area contributed by atoms with Crippen LogP contribution in [-0.4, -0.2) is 22.2 Å². The van der Waals surface area contributed by atoms with Crippen molar-refractivity contribution in [3.63, 3.8) is 0 Å². The minimum absolute atomic E-state index is 0.145. The van der Waals surface area contributed by atoms with Crippen molar-refractivity contribution in [2.75, 3.05) is 0 Å². The van der Waals surface area contributed by atoms with Crippen molar-refractivity contribution in [1.82, 2.24) is 0 Å². The largest absolute Gasteiger partial charge is 0.481 e. The summed E-state index contributed by atoms with van der Waals surface area (Å²) in [5, 5.41) is 17.5. The average Bonchev–Trinajstić information content (AvgIpc) is 2.16. The van der Waals surface area contributed by atoms with Crippen molar-refractivity contribution in [1.29, 1.82) is 0 Å². The van der Waals surface area contributed by atoms with Crippen LogP contribution in [0, 0.1) is 0 Å². The molecule has 1 rings (SSSR count). The standard InChI is InChI=1S/C11H12O4/c1-7(11(14)15)9-5-3-2-4-8(9)6-10(12)13/h2-5,7H,6H2,1H3,(H,12,13)(H,14,15). The third-order valence-corrected chi connectivity index (χ3v) is 2.23. The van der Waals surface area contributed by atoms with E-state index in [1.807, 2.05) is 0 Å². The minimum Gasteiger partial charge on any atom is -0.481 e. The fraction of sp³-hybridized carbons (Fsp3) is 0.273. The van der Waals surface area contributed by atoms with Gasteiger partial charge in [-0.15, -0.1) is 0 Å². The van der Waals surface area contributed by atoms with Gasteiger partial charge in [-0.2, -0.15) is 0 Å². The van der Waals surface area contributed by atoms with Crippen molar-refractivity contribution in [3.8, 4) is 0 Å².